The molecule has 0 spiro atoms. The number of nitrogens with two attached hydrogens (primary N) is 1. The fourth-order valence-electron chi connectivity index (χ4n) is 3.88. The van der Waals surface area contributed by atoms with Gasteiger partial charge in [-0.3, -0.25) is 0 Å². The summed E-state index contributed by atoms with van der Waals surface area (Å²) in [5, 5.41) is 3.86. The van der Waals surface area contributed by atoms with Crippen molar-refractivity contribution in [2.45, 2.75) is 77.2 Å². The molecule has 0 aliphatic heterocycles. The predicted molar refractivity (Wildman–Crippen MR) is 83.2 cm³/mol. The van der Waals surface area contributed by atoms with Gasteiger partial charge in [-0.2, -0.15) is 0 Å². The van der Waals surface area contributed by atoms with Gasteiger partial charge in [-0.25, -0.2) is 0 Å². The quantitative estimate of drug-likeness (QED) is 0.719. The highest BCUT2D eigenvalue weighted by molar-refractivity contribution is 4.92. The minimum Gasteiger partial charge on any atom is -0.329 e. The number of hydrogen-bond donors (Lipinski definition) is 2. The van der Waals surface area contributed by atoms with E-state index in [1.165, 1.54) is 64.3 Å². The van der Waals surface area contributed by atoms with Crippen molar-refractivity contribution in [3.05, 3.63) is 0 Å². The fraction of sp³-hybridized carbons (Fsp3) is 1.00. The summed E-state index contributed by atoms with van der Waals surface area (Å²) in [5.74, 6) is 2.77. The first-order chi connectivity index (χ1) is 9.15. The molecule has 2 fully saturated rings. The Balaban J connectivity index is 1.79. The Bertz CT molecular complexity index is 260. The second kappa shape index (κ2) is 7.08. The average Bonchev–Trinajstić information content (AvgIpc) is 2.56. The summed E-state index contributed by atoms with van der Waals surface area (Å²) in [6.07, 6.45) is 12.5. The average molecular weight is 266 g/mol. The maximum absolute atomic E-state index is 6.13. The zero-order chi connectivity index (χ0) is 13.7. The lowest BCUT2D eigenvalue weighted by molar-refractivity contribution is 0.244. The van der Waals surface area contributed by atoms with Crippen molar-refractivity contribution in [3.8, 4) is 0 Å². The van der Waals surface area contributed by atoms with E-state index >= 15 is 0 Å². The predicted octanol–water partition coefficient (Wildman–Crippen LogP) is 3.70. The zero-order valence-electron chi connectivity index (χ0n) is 13.1. The van der Waals surface area contributed by atoms with Crippen LogP contribution in [0.1, 0.15) is 71.6 Å². The molecule has 2 nitrogen and oxygen atoms in total. The maximum atomic E-state index is 6.13. The summed E-state index contributed by atoms with van der Waals surface area (Å²) in [6, 6.07) is 0. The van der Waals surface area contributed by atoms with Gasteiger partial charge >= 0.3 is 0 Å². The van der Waals surface area contributed by atoms with Gasteiger partial charge in [0.1, 0.15) is 0 Å². The van der Waals surface area contributed by atoms with E-state index in [0.717, 1.165) is 24.3 Å². The molecule has 0 radical (unpaired) electrons. The SMILES string of the molecule is CC(C)C1CCCC(CN)(NCCC2CCC2)CC1. The summed E-state index contributed by atoms with van der Waals surface area (Å²) in [5.41, 5.74) is 6.39. The van der Waals surface area contributed by atoms with Crippen LogP contribution in [0.2, 0.25) is 0 Å². The number of rotatable bonds is 6. The summed E-state index contributed by atoms with van der Waals surface area (Å²) < 4.78 is 0. The van der Waals surface area contributed by atoms with Crippen LogP contribution in [-0.2, 0) is 0 Å². The van der Waals surface area contributed by atoms with E-state index < -0.39 is 0 Å². The third-order valence-corrected chi connectivity index (χ3v) is 5.83. The molecular formula is C17H34N2. The van der Waals surface area contributed by atoms with Crippen LogP contribution in [0.5, 0.6) is 0 Å². The Morgan fingerprint density at radius 1 is 1.11 bits per heavy atom. The van der Waals surface area contributed by atoms with Gasteiger partial charge in [0.2, 0.25) is 0 Å². The van der Waals surface area contributed by atoms with Gasteiger partial charge < -0.3 is 11.1 Å². The van der Waals surface area contributed by atoms with Gasteiger partial charge in [0, 0.05) is 12.1 Å². The number of nitrogens with one attached hydrogen (secondary N) is 1. The lowest BCUT2D eigenvalue weighted by Gasteiger charge is -2.35. The summed E-state index contributed by atoms with van der Waals surface area (Å²) in [4.78, 5) is 0. The lowest BCUT2D eigenvalue weighted by Crippen LogP contribution is -2.51. The molecule has 19 heavy (non-hydrogen) atoms. The minimum atomic E-state index is 0.257. The standard InChI is InChI=1S/C17H34N2/c1-14(2)16-7-4-10-17(13-18,11-8-16)19-12-9-15-5-3-6-15/h14-16,19H,3-13,18H2,1-2H3. The highest BCUT2D eigenvalue weighted by atomic mass is 15.0. The van der Waals surface area contributed by atoms with Crippen molar-refractivity contribution in [2.24, 2.45) is 23.5 Å². The molecule has 0 aromatic rings. The van der Waals surface area contributed by atoms with Crippen LogP contribution < -0.4 is 11.1 Å². The first-order valence-electron chi connectivity index (χ1n) is 8.60. The van der Waals surface area contributed by atoms with Gasteiger partial charge in [0.15, 0.2) is 0 Å². The maximum Gasteiger partial charge on any atom is 0.0304 e. The molecule has 0 heterocycles. The van der Waals surface area contributed by atoms with Crippen molar-refractivity contribution < 1.29 is 0 Å². The van der Waals surface area contributed by atoms with Gasteiger partial charge in [0.05, 0.1) is 0 Å². The molecule has 2 rings (SSSR count). The van der Waals surface area contributed by atoms with E-state index in [1.54, 1.807) is 0 Å². The molecule has 2 heteroatoms. The van der Waals surface area contributed by atoms with E-state index in [0.29, 0.717) is 0 Å². The van der Waals surface area contributed by atoms with Gasteiger partial charge in [-0.15, -0.1) is 0 Å². The molecule has 2 aliphatic rings. The number of hydrogen-bond acceptors (Lipinski definition) is 2. The van der Waals surface area contributed by atoms with Crippen LogP contribution in [0.25, 0.3) is 0 Å². The third kappa shape index (κ3) is 4.19. The van der Waals surface area contributed by atoms with E-state index in [2.05, 4.69) is 19.2 Å². The molecule has 2 saturated carbocycles. The molecule has 0 saturated heterocycles. The second-order valence-corrected chi connectivity index (χ2v) is 7.43. The molecule has 2 aliphatic carbocycles. The molecule has 0 amide bonds. The fourth-order valence-corrected chi connectivity index (χ4v) is 3.88. The Morgan fingerprint density at radius 3 is 2.47 bits per heavy atom. The van der Waals surface area contributed by atoms with Gasteiger partial charge in [0.25, 0.3) is 0 Å². The normalized spacial score (nSPS) is 33.2. The van der Waals surface area contributed by atoms with Crippen LogP contribution >= 0.6 is 0 Å². The van der Waals surface area contributed by atoms with Crippen LogP contribution in [0, 0.1) is 17.8 Å². The minimum absolute atomic E-state index is 0.257. The first-order valence-corrected chi connectivity index (χ1v) is 8.60. The van der Waals surface area contributed by atoms with E-state index in [9.17, 15) is 0 Å². The molecule has 2 unspecified atom stereocenters. The monoisotopic (exact) mass is 266 g/mol. The second-order valence-electron chi connectivity index (χ2n) is 7.43. The van der Waals surface area contributed by atoms with Crippen molar-refractivity contribution in [2.75, 3.05) is 13.1 Å². The van der Waals surface area contributed by atoms with Crippen molar-refractivity contribution in [1.82, 2.24) is 5.32 Å². The van der Waals surface area contributed by atoms with Crippen molar-refractivity contribution in [3.63, 3.8) is 0 Å². The highest BCUT2D eigenvalue weighted by Crippen LogP contribution is 2.34. The van der Waals surface area contributed by atoms with Crippen LogP contribution in [-0.4, -0.2) is 18.6 Å². The van der Waals surface area contributed by atoms with Crippen molar-refractivity contribution in [1.29, 1.82) is 0 Å². The lowest BCUT2D eigenvalue weighted by atomic mass is 9.82. The smallest absolute Gasteiger partial charge is 0.0304 e. The molecule has 112 valence electrons. The Hall–Kier alpha value is -0.0800. The molecular weight excluding hydrogens is 232 g/mol. The van der Waals surface area contributed by atoms with Crippen LogP contribution in [0.3, 0.4) is 0 Å². The van der Waals surface area contributed by atoms with Crippen LogP contribution in [0.15, 0.2) is 0 Å². The Morgan fingerprint density at radius 2 is 1.89 bits per heavy atom. The summed E-state index contributed by atoms with van der Waals surface area (Å²) in [7, 11) is 0. The zero-order valence-corrected chi connectivity index (χ0v) is 13.1. The molecule has 0 aromatic carbocycles. The summed E-state index contributed by atoms with van der Waals surface area (Å²) >= 11 is 0. The Kier molecular flexibility index (Phi) is 5.70. The van der Waals surface area contributed by atoms with E-state index in [-0.39, 0.29) is 5.54 Å². The van der Waals surface area contributed by atoms with E-state index in [1.807, 2.05) is 0 Å². The summed E-state index contributed by atoms with van der Waals surface area (Å²) in [6.45, 7) is 6.77. The topological polar surface area (TPSA) is 38.0 Å². The van der Waals surface area contributed by atoms with Crippen molar-refractivity contribution >= 4 is 0 Å². The van der Waals surface area contributed by atoms with Gasteiger partial charge in [-0.1, -0.05) is 46.0 Å². The highest BCUT2D eigenvalue weighted by Gasteiger charge is 2.32. The first kappa shape index (κ1) is 15.3. The van der Waals surface area contributed by atoms with E-state index in [4.69, 9.17) is 5.73 Å². The third-order valence-electron chi connectivity index (χ3n) is 5.83. The molecule has 0 bridgehead atoms. The Labute approximate surface area is 119 Å². The largest absolute Gasteiger partial charge is 0.329 e. The molecule has 0 aromatic heterocycles. The molecule has 2 atom stereocenters. The van der Waals surface area contributed by atoms with Crippen LogP contribution in [0.4, 0.5) is 0 Å². The molecule has 3 N–H and O–H groups in total. The van der Waals surface area contributed by atoms with Gasteiger partial charge in [-0.05, 0) is 50.0 Å².